The number of rotatable bonds is 9. The minimum Gasteiger partial charge on any atom is -0.466 e. The fourth-order valence-electron chi connectivity index (χ4n) is 4.26. The van der Waals surface area contributed by atoms with Crippen molar-refractivity contribution >= 4 is 5.97 Å². The molecule has 2 aliphatic rings. The van der Waals surface area contributed by atoms with Gasteiger partial charge in [-0.05, 0) is 49.4 Å². The van der Waals surface area contributed by atoms with Gasteiger partial charge in [-0.2, -0.15) is 0 Å². The van der Waals surface area contributed by atoms with Gasteiger partial charge in [0.25, 0.3) is 0 Å². The van der Waals surface area contributed by atoms with E-state index < -0.39 is 0 Å². The summed E-state index contributed by atoms with van der Waals surface area (Å²) in [6.07, 6.45) is 9.58. The molecule has 2 saturated carbocycles. The number of nitrogens with one attached hydrogen (secondary N) is 1. The third-order valence-electron chi connectivity index (χ3n) is 5.55. The quantitative estimate of drug-likeness (QED) is 0.519. The van der Waals surface area contributed by atoms with Crippen molar-refractivity contribution in [1.82, 2.24) is 5.32 Å². The van der Waals surface area contributed by atoms with E-state index in [1.807, 2.05) is 0 Å². The molecule has 0 saturated heterocycles. The molecule has 2 aliphatic carbocycles. The second kappa shape index (κ2) is 7.44. The second-order valence-electron chi connectivity index (χ2n) is 6.80. The molecule has 0 amide bonds. The van der Waals surface area contributed by atoms with E-state index in [2.05, 4.69) is 19.2 Å². The highest BCUT2D eigenvalue weighted by molar-refractivity contribution is 5.69. The van der Waals surface area contributed by atoms with Gasteiger partial charge in [0.2, 0.25) is 0 Å². The molecule has 3 heteroatoms. The first kappa shape index (κ1) is 15.8. The van der Waals surface area contributed by atoms with E-state index in [4.69, 9.17) is 4.74 Å². The smallest absolute Gasteiger partial charge is 0.307 e. The van der Waals surface area contributed by atoms with Crippen molar-refractivity contribution in [2.75, 3.05) is 19.7 Å². The molecule has 3 unspecified atom stereocenters. The predicted molar refractivity (Wildman–Crippen MR) is 81.5 cm³/mol. The van der Waals surface area contributed by atoms with Crippen molar-refractivity contribution in [2.24, 2.45) is 17.3 Å². The lowest BCUT2D eigenvalue weighted by Gasteiger charge is -2.37. The fraction of sp³-hybridized carbons (Fsp3) is 0.941. The van der Waals surface area contributed by atoms with Crippen molar-refractivity contribution in [2.45, 2.75) is 65.2 Å². The van der Waals surface area contributed by atoms with Crippen LogP contribution in [0.2, 0.25) is 0 Å². The summed E-state index contributed by atoms with van der Waals surface area (Å²) in [7, 11) is 0. The zero-order valence-corrected chi connectivity index (χ0v) is 13.2. The molecular weight excluding hydrogens is 250 g/mol. The standard InChI is InChI=1S/C17H31NO2/c1-3-5-10-20-16(19)8-9-18-13-17(4-2)12-14-6-7-15(17)11-14/h14-15,18H,3-13H2,1-2H3. The van der Waals surface area contributed by atoms with Crippen molar-refractivity contribution in [1.29, 1.82) is 0 Å². The summed E-state index contributed by atoms with van der Waals surface area (Å²) in [5.41, 5.74) is 0.523. The molecule has 116 valence electrons. The molecule has 0 aromatic heterocycles. The van der Waals surface area contributed by atoms with Crippen LogP contribution in [0.3, 0.4) is 0 Å². The van der Waals surface area contributed by atoms with Gasteiger partial charge in [0, 0.05) is 13.1 Å². The Kier molecular flexibility index (Phi) is 5.88. The average molecular weight is 281 g/mol. The molecule has 2 fully saturated rings. The van der Waals surface area contributed by atoms with E-state index in [0.717, 1.165) is 37.8 Å². The van der Waals surface area contributed by atoms with Gasteiger partial charge >= 0.3 is 5.97 Å². The number of fused-ring (bicyclic) bond motifs is 2. The molecule has 20 heavy (non-hydrogen) atoms. The first-order chi connectivity index (χ1) is 9.70. The Hall–Kier alpha value is -0.570. The van der Waals surface area contributed by atoms with E-state index in [0.29, 0.717) is 18.4 Å². The van der Waals surface area contributed by atoms with Gasteiger partial charge in [0.15, 0.2) is 0 Å². The molecule has 0 heterocycles. The molecule has 0 aromatic carbocycles. The number of esters is 1. The minimum atomic E-state index is -0.0514. The summed E-state index contributed by atoms with van der Waals surface area (Å²) >= 11 is 0. The normalized spacial score (nSPS) is 31.7. The van der Waals surface area contributed by atoms with Crippen molar-refractivity contribution in [3.63, 3.8) is 0 Å². The highest BCUT2D eigenvalue weighted by Crippen LogP contribution is 2.57. The number of ether oxygens (including phenoxy) is 1. The van der Waals surface area contributed by atoms with Gasteiger partial charge in [0.1, 0.15) is 0 Å². The van der Waals surface area contributed by atoms with Crippen LogP contribution in [0.4, 0.5) is 0 Å². The Labute approximate surface area is 123 Å². The van der Waals surface area contributed by atoms with Crippen LogP contribution >= 0.6 is 0 Å². The average Bonchev–Trinajstić information content (AvgIpc) is 3.05. The van der Waals surface area contributed by atoms with E-state index in [9.17, 15) is 4.79 Å². The lowest BCUT2D eigenvalue weighted by atomic mass is 9.71. The summed E-state index contributed by atoms with van der Waals surface area (Å²) in [5, 5.41) is 3.52. The van der Waals surface area contributed by atoms with Crippen LogP contribution in [0.5, 0.6) is 0 Å². The first-order valence-corrected chi connectivity index (χ1v) is 8.56. The summed E-state index contributed by atoms with van der Waals surface area (Å²) in [6, 6.07) is 0. The third kappa shape index (κ3) is 3.75. The molecule has 3 nitrogen and oxygen atoms in total. The summed E-state index contributed by atoms with van der Waals surface area (Å²) in [6.45, 7) is 6.88. The van der Waals surface area contributed by atoms with E-state index in [1.54, 1.807) is 0 Å². The zero-order valence-electron chi connectivity index (χ0n) is 13.2. The lowest BCUT2D eigenvalue weighted by molar-refractivity contribution is -0.143. The van der Waals surface area contributed by atoms with Crippen LogP contribution in [0.1, 0.15) is 65.2 Å². The molecule has 3 atom stereocenters. The molecule has 0 aromatic rings. The number of hydrogen-bond acceptors (Lipinski definition) is 3. The van der Waals surface area contributed by atoms with Crippen LogP contribution in [0, 0.1) is 17.3 Å². The summed E-state index contributed by atoms with van der Waals surface area (Å²) < 4.78 is 5.18. The highest BCUT2D eigenvalue weighted by atomic mass is 16.5. The van der Waals surface area contributed by atoms with Crippen LogP contribution in [-0.4, -0.2) is 25.7 Å². The molecular formula is C17H31NO2. The number of carbonyl (C=O) groups excluding carboxylic acids is 1. The summed E-state index contributed by atoms with van der Waals surface area (Å²) in [5.74, 6) is 1.87. The van der Waals surface area contributed by atoms with Crippen LogP contribution < -0.4 is 5.32 Å². The maximum absolute atomic E-state index is 11.5. The number of unbranched alkanes of at least 4 members (excludes halogenated alkanes) is 1. The third-order valence-corrected chi connectivity index (χ3v) is 5.55. The van der Waals surface area contributed by atoms with Gasteiger partial charge in [-0.15, -0.1) is 0 Å². The van der Waals surface area contributed by atoms with Gasteiger partial charge in [-0.3, -0.25) is 4.79 Å². The van der Waals surface area contributed by atoms with Gasteiger partial charge in [-0.1, -0.05) is 26.7 Å². The predicted octanol–water partition coefficient (Wildman–Crippen LogP) is 3.53. The Morgan fingerprint density at radius 2 is 2.20 bits per heavy atom. The first-order valence-electron chi connectivity index (χ1n) is 8.56. The van der Waals surface area contributed by atoms with Gasteiger partial charge in [-0.25, -0.2) is 0 Å². The fourth-order valence-corrected chi connectivity index (χ4v) is 4.26. The molecule has 2 bridgehead atoms. The van der Waals surface area contributed by atoms with Crippen molar-refractivity contribution in [3.8, 4) is 0 Å². The molecule has 0 radical (unpaired) electrons. The SMILES string of the molecule is CCCCOC(=O)CCNCC1(CC)CC2CCC1C2. The topological polar surface area (TPSA) is 38.3 Å². The van der Waals surface area contributed by atoms with Gasteiger partial charge < -0.3 is 10.1 Å². The summed E-state index contributed by atoms with van der Waals surface area (Å²) in [4.78, 5) is 11.5. The molecule has 0 aliphatic heterocycles. The largest absolute Gasteiger partial charge is 0.466 e. The zero-order chi connectivity index (χ0) is 14.4. The number of carbonyl (C=O) groups is 1. The van der Waals surface area contributed by atoms with Crippen LogP contribution in [-0.2, 0) is 9.53 Å². The Morgan fingerprint density at radius 1 is 1.35 bits per heavy atom. The Balaban J connectivity index is 1.62. The maximum atomic E-state index is 11.5. The van der Waals surface area contributed by atoms with E-state index >= 15 is 0 Å². The van der Waals surface area contributed by atoms with E-state index in [-0.39, 0.29) is 5.97 Å². The molecule has 1 N–H and O–H groups in total. The monoisotopic (exact) mass is 281 g/mol. The molecule has 0 spiro atoms. The van der Waals surface area contributed by atoms with Crippen molar-refractivity contribution < 1.29 is 9.53 Å². The lowest BCUT2D eigenvalue weighted by Crippen LogP contribution is -2.39. The van der Waals surface area contributed by atoms with Crippen molar-refractivity contribution in [3.05, 3.63) is 0 Å². The van der Waals surface area contributed by atoms with Crippen LogP contribution in [0.15, 0.2) is 0 Å². The number of hydrogen-bond donors (Lipinski definition) is 1. The highest BCUT2D eigenvalue weighted by Gasteiger charge is 2.49. The molecule has 2 rings (SSSR count). The Bertz CT molecular complexity index is 318. The van der Waals surface area contributed by atoms with E-state index in [1.165, 1.54) is 32.1 Å². The second-order valence-corrected chi connectivity index (χ2v) is 6.80. The Morgan fingerprint density at radius 3 is 2.80 bits per heavy atom. The van der Waals surface area contributed by atoms with Crippen LogP contribution in [0.25, 0.3) is 0 Å². The van der Waals surface area contributed by atoms with Gasteiger partial charge in [0.05, 0.1) is 13.0 Å². The minimum absolute atomic E-state index is 0.0514. The maximum Gasteiger partial charge on any atom is 0.307 e.